The number of hydrogen-bond acceptors (Lipinski definition) is 2. The van der Waals surface area contributed by atoms with Gasteiger partial charge in [0.05, 0.1) is 15.6 Å². The molecule has 3 nitrogen and oxygen atoms in total. The molecule has 2 aromatic rings. The van der Waals surface area contributed by atoms with Crippen molar-refractivity contribution in [1.29, 1.82) is 0 Å². The molecule has 1 N–H and O–H groups in total. The summed E-state index contributed by atoms with van der Waals surface area (Å²) in [7, 11) is 0. The Morgan fingerprint density at radius 2 is 1.60 bits per heavy atom. The molecular weight excluding hydrogens is 675 g/mol. The number of benzene rings is 2. The number of carbonyl (C=O) groups excluding carboxylic acids is 2. The lowest BCUT2D eigenvalue weighted by Gasteiger charge is -2.19. The molecule has 0 aliphatic heterocycles. The number of rotatable bonds is 8. The number of halogens is 13. The third kappa shape index (κ3) is 9.10. The van der Waals surface area contributed by atoms with Gasteiger partial charge in [0, 0.05) is 27.9 Å². The second-order valence-corrected chi connectivity index (χ2v) is 10.1. The predicted molar refractivity (Wildman–Crippen MR) is 131 cm³/mol. The Labute approximate surface area is 238 Å². The summed E-state index contributed by atoms with van der Waals surface area (Å²) >= 11 is 14.5. The maximum absolute atomic E-state index is 15.0. The number of amides is 1. The van der Waals surface area contributed by atoms with Crippen molar-refractivity contribution in [3.05, 3.63) is 73.2 Å². The minimum atomic E-state index is -5.29. The van der Waals surface area contributed by atoms with Crippen LogP contribution in [0.2, 0.25) is 10.0 Å². The molecule has 2 rings (SSSR count). The van der Waals surface area contributed by atoms with Crippen LogP contribution in [0, 0.1) is 5.92 Å². The highest BCUT2D eigenvalue weighted by Crippen LogP contribution is 2.43. The first-order valence-corrected chi connectivity index (χ1v) is 12.3. The molecular formula is C24H16BrCl2F10NO2. The Morgan fingerprint density at radius 3 is 2.10 bits per heavy atom. The maximum Gasteiger partial charge on any atom is 0.417 e. The molecule has 1 unspecified atom stereocenters. The monoisotopic (exact) mass is 689 g/mol. The van der Waals surface area contributed by atoms with Crippen molar-refractivity contribution in [1.82, 2.24) is 5.32 Å². The van der Waals surface area contributed by atoms with Gasteiger partial charge in [0.1, 0.15) is 18.3 Å². The summed E-state index contributed by atoms with van der Waals surface area (Å²) in [6.07, 6.45) is -16.1. The molecule has 0 aromatic heterocycles. The van der Waals surface area contributed by atoms with Crippen LogP contribution in [0.3, 0.4) is 0 Å². The molecule has 0 saturated carbocycles. The van der Waals surface area contributed by atoms with Gasteiger partial charge in [0.2, 0.25) is 5.91 Å². The first-order valence-electron chi connectivity index (χ1n) is 10.8. The molecule has 0 fully saturated rings. The van der Waals surface area contributed by atoms with Gasteiger partial charge < -0.3 is 5.32 Å². The summed E-state index contributed by atoms with van der Waals surface area (Å²) in [6.45, 7) is -0.719. The molecule has 0 heterocycles. The topological polar surface area (TPSA) is 46.2 Å². The molecule has 16 heteroatoms. The fourth-order valence-electron chi connectivity index (χ4n) is 3.39. The normalized spacial score (nSPS) is 14.6. The van der Waals surface area contributed by atoms with Crippen molar-refractivity contribution < 1.29 is 53.5 Å². The van der Waals surface area contributed by atoms with Crippen molar-refractivity contribution in [3.8, 4) is 0 Å². The average molecular weight is 691 g/mol. The highest BCUT2D eigenvalue weighted by atomic mass is 79.9. The first-order chi connectivity index (χ1) is 18.1. The third-order valence-electron chi connectivity index (χ3n) is 5.33. The molecule has 2 atom stereocenters. The molecule has 0 saturated heterocycles. The summed E-state index contributed by atoms with van der Waals surface area (Å²) in [4.78, 5) is 24.3. The summed E-state index contributed by atoms with van der Waals surface area (Å²) in [5, 5.41) is 1.06. The summed E-state index contributed by atoms with van der Waals surface area (Å²) in [5.41, 5.74) is -4.31. The van der Waals surface area contributed by atoms with Gasteiger partial charge in [-0.25, -0.2) is 4.39 Å². The summed E-state index contributed by atoms with van der Waals surface area (Å²) < 4.78 is 134. The van der Waals surface area contributed by atoms with Gasteiger partial charge in [-0.2, -0.15) is 39.5 Å². The second-order valence-electron chi connectivity index (χ2n) is 8.45. The van der Waals surface area contributed by atoms with E-state index in [2.05, 4.69) is 15.9 Å². The van der Waals surface area contributed by atoms with E-state index in [0.29, 0.717) is 12.1 Å². The van der Waals surface area contributed by atoms with Crippen LogP contribution in [0.15, 0.2) is 40.9 Å². The fourth-order valence-corrected chi connectivity index (χ4v) is 4.32. The van der Waals surface area contributed by atoms with Crippen molar-refractivity contribution in [2.75, 3.05) is 6.54 Å². The van der Waals surface area contributed by atoms with Gasteiger partial charge in [-0.1, -0.05) is 42.3 Å². The van der Waals surface area contributed by atoms with Crippen LogP contribution in [0.25, 0.3) is 5.83 Å². The number of carbonyl (C=O) groups is 2. The molecule has 0 bridgehead atoms. The third-order valence-corrected chi connectivity index (χ3v) is 6.99. The Bertz CT molecular complexity index is 1280. The van der Waals surface area contributed by atoms with Gasteiger partial charge in [-0.15, -0.1) is 0 Å². The van der Waals surface area contributed by atoms with Crippen LogP contribution < -0.4 is 5.32 Å². The van der Waals surface area contributed by atoms with E-state index in [1.165, 1.54) is 5.32 Å². The van der Waals surface area contributed by atoms with Crippen molar-refractivity contribution in [2.24, 2.45) is 5.92 Å². The van der Waals surface area contributed by atoms with E-state index in [-0.39, 0.29) is 26.7 Å². The van der Waals surface area contributed by atoms with E-state index in [1.54, 1.807) is 0 Å². The Kier molecular flexibility index (Phi) is 10.7. The van der Waals surface area contributed by atoms with Crippen LogP contribution >= 0.6 is 39.1 Å². The fraction of sp³-hybridized carbons (Fsp3) is 0.333. The molecule has 220 valence electrons. The highest BCUT2D eigenvalue weighted by molar-refractivity contribution is 9.10. The summed E-state index contributed by atoms with van der Waals surface area (Å²) in [5.74, 6) is -8.41. The van der Waals surface area contributed by atoms with Crippen molar-refractivity contribution in [2.45, 2.75) is 37.8 Å². The van der Waals surface area contributed by atoms with Crippen LogP contribution in [0.4, 0.5) is 43.9 Å². The van der Waals surface area contributed by atoms with Gasteiger partial charge in [-0.3, -0.25) is 9.59 Å². The summed E-state index contributed by atoms with van der Waals surface area (Å²) in [6, 6.07) is 2.97. The van der Waals surface area contributed by atoms with Crippen LogP contribution in [-0.4, -0.2) is 30.6 Å². The van der Waals surface area contributed by atoms with E-state index in [9.17, 15) is 53.5 Å². The van der Waals surface area contributed by atoms with E-state index in [0.717, 1.165) is 19.1 Å². The molecule has 0 aliphatic carbocycles. The quantitative estimate of drug-likeness (QED) is 0.171. The van der Waals surface area contributed by atoms with Gasteiger partial charge in [0.15, 0.2) is 5.78 Å². The zero-order chi connectivity index (χ0) is 30.8. The number of hydrogen-bond donors (Lipinski definition) is 1. The number of alkyl halides is 9. The van der Waals surface area contributed by atoms with Crippen LogP contribution in [0.5, 0.6) is 0 Å². The zero-order valence-electron chi connectivity index (χ0n) is 19.8. The maximum atomic E-state index is 15.0. The van der Waals surface area contributed by atoms with Crippen LogP contribution in [-0.2, 0) is 11.0 Å². The van der Waals surface area contributed by atoms with E-state index in [1.807, 2.05) is 0 Å². The molecule has 0 aliphatic rings. The molecule has 40 heavy (non-hydrogen) atoms. The van der Waals surface area contributed by atoms with E-state index >= 15 is 0 Å². The Hall–Kier alpha value is -2.32. The van der Waals surface area contributed by atoms with Gasteiger partial charge >= 0.3 is 18.5 Å². The highest BCUT2D eigenvalue weighted by Gasteiger charge is 2.41. The number of nitrogens with one attached hydrogen (secondary N) is 1. The van der Waals surface area contributed by atoms with Crippen molar-refractivity contribution >= 4 is 56.6 Å². The minimum absolute atomic E-state index is 0.0239. The van der Waals surface area contributed by atoms with Crippen LogP contribution in [0.1, 0.15) is 46.3 Å². The standard InChI is InChI=1S/C24H16BrCl2F10NO2/c1-10(21(40)38-9-22(29,30)31)4-19(39)13-3-2-11(5-15(13)24(35,36)37)18(28)8-14(23(32,33)34)12-6-16(25)20(27)17(26)7-12/h2-3,5-8,10,14H,4,9H2,1H3,(H,38,40)/b18-8-/t10-,14?/m0/s1. The number of ketones is 1. The molecule has 0 spiro atoms. The lowest BCUT2D eigenvalue weighted by atomic mass is 9.92. The minimum Gasteiger partial charge on any atom is -0.347 e. The van der Waals surface area contributed by atoms with Gasteiger partial charge in [-0.05, 0) is 45.8 Å². The largest absolute Gasteiger partial charge is 0.417 e. The zero-order valence-corrected chi connectivity index (χ0v) is 22.9. The lowest BCUT2D eigenvalue weighted by Crippen LogP contribution is -2.37. The lowest BCUT2D eigenvalue weighted by molar-refractivity contribution is -0.140. The number of allylic oxidation sites excluding steroid dienone is 1. The number of Topliss-reactive ketones (excluding diaryl/α,β-unsaturated/α-hetero) is 1. The van der Waals surface area contributed by atoms with E-state index < -0.39 is 83.1 Å². The van der Waals surface area contributed by atoms with Gasteiger partial charge in [0.25, 0.3) is 0 Å². The SMILES string of the molecule is C[C@@H](CC(=O)c1ccc(/C(F)=C/C(c2cc(Cl)c(Cl)c(Br)c2)C(F)(F)F)cc1C(F)(F)F)C(=O)NCC(F)(F)F. The molecule has 0 radical (unpaired) electrons. The predicted octanol–water partition coefficient (Wildman–Crippen LogP) is 9.32. The first kappa shape index (κ1) is 33.9. The Morgan fingerprint density at radius 1 is 1.00 bits per heavy atom. The van der Waals surface area contributed by atoms with Crippen molar-refractivity contribution in [3.63, 3.8) is 0 Å². The molecule has 1 amide bonds. The second kappa shape index (κ2) is 12.7. The smallest absolute Gasteiger partial charge is 0.347 e. The average Bonchev–Trinajstić information content (AvgIpc) is 2.81. The molecule has 2 aromatic carbocycles. The van der Waals surface area contributed by atoms with E-state index in [4.69, 9.17) is 23.2 Å². The Balaban J connectivity index is 2.45.